The first kappa shape index (κ1) is 13.5. The SMILES string of the molecule is O=C1NC=CN2NCC3=C2C1=CC(=O)C3C1CN2CCC1CC2. The van der Waals surface area contributed by atoms with Crippen LogP contribution in [0.4, 0.5) is 0 Å². The summed E-state index contributed by atoms with van der Waals surface area (Å²) in [5, 5.41) is 4.60. The van der Waals surface area contributed by atoms with Crippen LogP contribution in [0.5, 0.6) is 0 Å². The predicted molar refractivity (Wildman–Crippen MR) is 83.4 cm³/mol. The van der Waals surface area contributed by atoms with E-state index >= 15 is 0 Å². The molecule has 2 atom stereocenters. The molecule has 6 heteroatoms. The number of nitrogens with zero attached hydrogens (tertiary/aromatic N) is 2. The van der Waals surface area contributed by atoms with Crippen molar-refractivity contribution in [1.29, 1.82) is 0 Å². The molecule has 0 spiro atoms. The average molecular weight is 312 g/mol. The molecule has 0 saturated carbocycles. The number of ketones is 1. The van der Waals surface area contributed by atoms with Gasteiger partial charge in [-0.2, -0.15) is 0 Å². The quantitative estimate of drug-likeness (QED) is 0.720. The highest BCUT2D eigenvalue weighted by atomic mass is 16.2. The molecule has 0 aromatic rings. The number of carbonyl (C=O) groups excluding carboxylic acids is 2. The molecular formula is C17H20N4O2. The Morgan fingerprint density at radius 1 is 1.17 bits per heavy atom. The number of piperidine rings is 3. The standard InChI is InChI=1S/C17H20N4O2/c22-14-7-11-16-12(8-19-21(16)6-3-18-17(11)23)15(14)13-9-20-4-1-10(13)2-5-20/h3,6-7,10,13,15,19H,1-2,4-5,8-9H2,(H,18,23). The van der Waals surface area contributed by atoms with Gasteiger partial charge < -0.3 is 10.2 Å². The predicted octanol–water partition coefficient (Wildman–Crippen LogP) is 0.129. The van der Waals surface area contributed by atoms with Crippen LogP contribution in [0.15, 0.2) is 35.3 Å². The van der Waals surface area contributed by atoms with E-state index in [1.165, 1.54) is 25.9 Å². The topological polar surface area (TPSA) is 64.7 Å². The zero-order valence-electron chi connectivity index (χ0n) is 12.9. The van der Waals surface area contributed by atoms with Gasteiger partial charge in [0.15, 0.2) is 5.78 Å². The second kappa shape index (κ2) is 4.79. The lowest BCUT2D eigenvalue weighted by molar-refractivity contribution is -0.122. The maximum atomic E-state index is 12.9. The molecule has 6 nitrogen and oxygen atoms in total. The van der Waals surface area contributed by atoms with Crippen LogP contribution in [0.2, 0.25) is 0 Å². The summed E-state index contributed by atoms with van der Waals surface area (Å²) in [6, 6.07) is 0. The van der Waals surface area contributed by atoms with Gasteiger partial charge in [0, 0.05) is 25.5 Å². The van der Waals surface area contributed by atoms with E-state index in [-0.39, 0.29) is 17.6 Å². The Morgan fingerprint density at radius 2 is 2.00 bits per heavy atom. The van der Waals surface area contributed by atoms with Crippen molar-refractivity contribution in [1.82, 2.24) is 20.7 Å². The number of rotatable bonds is 1. The summed E-state index contributed by atoms with van der Waals surface area (Å²) in [5.41, 5.74) is 5.80. The van der Waals surface area contributed by atoms with Crippen LogP contribution in [-0.2, 0) is 9.59 Å². The van der Waals surface area contributed by atoms with Crippen molar-refractivity contribution in [2.75, 3.05) is 26.2 Å². The normalized spacial score (nSPS) is 38.4. The molecule has 2 N–H and O–H groups in total. The Balaban J connectivity index is 1.58. The zero-order chi connectivity index (χ0) is 15.6. The number of nitrogens with one attached hydrogen (secondary N) is 2. The van der Waals surface area contributed by atoms with Crippen LogP contribution in [0, 0.1) is 17.8 Å². The van der Waals surface area contributed by atoms with Gasteiger partial charge in [-0.1, -0.05) is 0 Å². The van der Waals surface area contributed by atoms with Crippen LogP contribution in [0.25, 0.3) is 0 Å². The van der Waals surface area contributed by atoms with Crippen LogP contribution in [0.1, 0.15) is 12.8 Å². The third-order valence-corrected chi connectivity index (χ3v) is 6.03. The fourth-order valence-electron chi connectivity index (χ4n) is 4.94. The number of amides is 1. The first-order valence-corrected chi connectivity index (χ1v) is 8.44. The van der Waals surface area contributed by atoms with Gasteiger partial charge in [-0.15, -0.1) is 0 Å². The van der Waals surface area contributed by atoms with E-state index in [1.807, 2.05) is 11.2 Å². The third kappa shape index (κ3) is 1.88. The van der Waals surface area contributed by atoms with Gasteiger partial charge in [0.05, 0.1) is 17.2 Å². The van der Waals surface area contributed by atoms with Gasteiger partial charge in [-0.25, -0.2) is 5.43 Å². The number of hydrogen-bond acceptors (Lipinski definition) is 5. The highest BCUT2D eigenvalue weighted by Gasteiger charge is 2.47. The second-order valence-corrected chi connectivity index (χ2v) is 7.11. The van der Waals surface area contributed by atoms with Crippen molar-refractivity contribution in [3.05, 3.63) is 35.3 Å². The Bertz CT molecular complexity index is 685. The molecule has 1 amide bonds. The Labute approximate surface area is 134 Å². The second-order valence-electron chi connectivity index (χ2n) is 7.11. The van der Waals surface area contributed by atoms with E-state index in [2.05, 4.69) is 15.6 Å². The molecule has 0 aromatic heterocycles. The van der Waals surface area contributed by atoms with E-state index in [0.717, 1.165) is 17.8 Å². The number of allylic oxidation sites excluding steroid dienone is 1. The highest BCUT2D eigenvalue weighted by Crippen LogP contribution is 2.44. The van der Waals surface area contributed by atoms with Crippen molar-refractivity contribution in [3.8, 4) is 0 Å². The number of fused-ring (bicyclic) bond motifs is 3. The van der Waals surface area contributed by atoms with E-state index in [9.17, 15) is 9.59 Å². The first-order valence-electron chi connectivity index (χ1n) is 8.44. The van der Waals surface area contributed by atoms with Crippen LogP contribution in [0.3, 0.4) is 0 Å². The Hall–Kier alpha value is -1.92. The van der Waals surface area contributed by atoms with Gasteiger partial charge in [-0.3, -0.25) is 14.6 Å². The number of carbonyl (C=O) groups is 2. The molecule has 0 aromatic carbocycles. The summed E-state index contributed by atoms with van der Waals surface area (Å²) in [5.74, 6) is 0.876. The Kier molecular flexibility index (Phi) is 2.81. The summed E-state index contributed by atoms with van der Waals surface area (Å²) in [6.45, 7) is 4.02. The molecule has 6 aliphatic rings. The van der Waals surface area contributed by atoms with Crippen molar-refractivity contribution >= 4 is 11.7 Å². The van der Waals surface area contributed by atoms with Gasteiger partial charge in [-0.05, 0) is 49.4 Å². The van der Waals surface area contributed by atoms with E-state index < -0.39 is 0 Å². The Morgan fingerprint density at radius 3 is 2.74 bits per heavy atom. The highest BCUT2D eigenvalue weighted by molar-refractivity contribution is 6.09. The fraction of sp³-hybridized carbons (Fsp3) is 0.529. The van der Waals surface area contributed by atoms with Gasteiger partial charge >= 0.3 is 0 Å². The van der Waals surface area contributed by atoms with Crippen molar-refractivity contribution in [2.24, 2.45) is 17.8 Å². The minimum absolute atomic E-state index is 0.0707. The number of hydrazine groups is 1. The molecule has 2 unspecified atom stereocenters. The fourth-order valence-corrected chi connectivity index (χ4v) is 4.94. The molecule has 2 bridgehead atoms. The van der Waals surface area contributed by atoms with Crippen molar-refractivity contribution in [2.45, 2.75) is 12.8 Å². The lowest BCUT2D eigenvalue weighted by atomic mass is 9.67. The molecule has 23 heavy (non-hydrogen) atoms. The van der Waals surface area contributed by atoms with E-state index in [4.69, 9.17) is 0 Å². The number of hydrogen-bond donors (Lipinski definition) is 2. The third-order valence-electron chi connectivity index (χ3n) is 6.03. The maximum Gasteiger partial charge on any atom is 0.257 e. The van der Waals surface area contributed by atoms with E-state index in [1.54, 1.807) is 12.3 Å². The van der Waals surface area contributed by atoms with Gasteiger partial charge in [0.1, 0.15) is 0 Å². The van der Waals surface area contributed by atoms with Crippen molar-refractivity contribution < 1.29 is 9.59 Å². The lowest BCUT2D eigenvalue weighted by Gasteiger charge is -2.48. The molecular weight excluding hydrogens is 292 g/mol. The summed E-state index contributed by atoms with van der Waals surface area (Å²) in [7, 11) is 0. The van der Waals surface area contributed by atoms with Crippen LogP contribution < -0.4 is 10.7 Å². The minimum atomic E-state index is -0.194. The lowest BCUT2D eigenvalue weighted by Crippen LogP contribution is -2.51. The van der Waals surface area contributed by atoms with Gasteiger partial charge in [0.2, 0.25) is 0 Å². The smallest absolute Gasteiger partial charge is 0.257 e. The van der Waals surface area contributed by atoms with Gasteiger partial charge in [0.25, 0.3) is 5.91 Å². The molecule has 3 fully saturated rings. The maximum absolute atomic E-state index is 12.9. The summed E-state index contributed by atoms with van der Waals surface area (Å²) in [4.78, 5) is 27.6. The zero-order valence-corrected chi connectivity index (χ0v) is 12.9. The molecule has 3 saturated heterocycles. The molecule has 120 valence electrons. The minimum Gasteiger partial charge on any atom is -0.327 e. The summed E-state index contributed by atoms with van der Waals surface area (Å²) < 4.78 is 0. The molecule has 6 rings (SSSR count). The monoisotopic (exact) mass is 312 g/mol. The molecule has 5 aliphatic heterocycles. The van der Waals surface area contributed by atoms with Crippen LogP contribution >= 0.6 is 0 Å². The summed E-state index contributed by atoms with van der Waals surface area (Å²) >= 11 is 0. The first-order chi connectivity index (χ1) is 11.2. The molecule has 1 aliphatic carbocycles. The van der Waals surface area contributed by atoms with Crippen molar-refractivity contribution in [3.63, 3.8) is 0 Å². The summed E-state index contributed by atoms with van der Waals surface area (Å²) in [6.07, 6.45) is 7.42. The molecule has 5 heterocycles. The van der Waals surface area contributed by atoms with Crippen LogP contribution in [-0.4, -0.2) is 47.8 Å². The molecule has 0 radical (unpaired) electrons. The largest absolute Gasteiger partial charge is 0.327 e. The van der Waals surface area contributed by atoms with E-state index in [0.29, 0.717) is 24.0 Å². The average Bonchev–Trinajstić information content (AvgIpc) is 2.91.